The number of hydrogen-bond acceptors (Lipinski definition) is 3. The fourth-order valence-corrected chi connectivity index (χ4v) is 3.66. The second-order valence-corrected chi connectivity index (χ2v) is 6.57. The molecule has 2 nitrogen and oxygen atoms in total. The minimum atomic E-state index is 0.241. The summed E-state index contributed by atoms with van der Waals surface area (Å²) in [6.07, 6.45) is 1.08. The molecule has 2 heterocycles. The van der Waals surface area contributed by atoms with E-state index in [1.54, 1.807) is 0 Å². The normalized spacial score (nSPS) is 15.1. The third kappa shape index (κ3) is 2.69. The Morgan fingerprint density at radius 1 is 1.30 bits per heavy atom. The van der Waals surface area contributed by atoms with Crippen LogP contribution in [0.1, 0.15) is 31.9 Å². The Morgan fingerprint density at radius 2 is 2.15 bits per heavy atom. The number of ketones is 1. The predicted molar refractivity (Wildman–Crippen MR) is 83.5 cm³/mol. The van der Waals surface area contributed by atoms with Crippen molar-refractivity contribution in [3.8, 4) is 0 Å². The van der Waals surface area contributed by atoms with E-state index >= 15 is 0 Å². The summed E-state index contributed by atoms with van der Waals surface area (Å²) in [5, 5.41) is 2.15. The molecule has 104 valence electrons. The van der Waals surface area contributed by atoms with Crippen LogP contribution in [-0.2, 0) is 13.0 Å². The molecule has 0 unspecified atom stereocenters. The van der Waals surface area contributed by atoms with Gasteiger partial charge in [0, 0.05) is 23.5 Å². The van der Waals surface area contributed by atoms with Gasteiger partial charge >= 0.3 is 0 Å². The van der Waals surface area contributed by atoms with E-state index in [2.05, 4.69) is 22.4 Å². The topological polar surface area (TPSA) is 20.3 Å². The molecule has 1 aromatic heterocycles. The summed E-state index contributed by atoms with van der Waals surface area (Å²) >= 11 is 1.84. The molecule has 0 aliphatic carbocycles. The van der Waals surface area contributed by atoms with Crippen LogP contribution in [0.3, 0.4) is 0 Å². The number of rotatable bonds is 3. The van der Waals surface area contributed by atoms with Gasteiger partial charge in [0.15, 0.2) is 5.78 Å². The Kier molecular flexibility index (Phi) is 3.72. The monoisotopic (exact) mass is 285 g/mol. The fraction of sp³-hybridized carbons (Fsp3) is 0.353. The van der Waals surface area contributed by atoms with Crippen LogP contribution in [0, 0.1) is 13.8 Å². The third-order valence-electron chi connectivity index (χ3n) is 3.95. The maximum Gasteiger partial charge on any atom is 0.177 e. The molecule has 0 atom stereocenters. The largest absolute Gasteiger partial charge is 0.293 e. The molecule has 1 aliphatic rings. The molecule has 0 saturated carbocycles. The SMILES string of the molecule is Cc1ccc(C)c(C(=O)CN2CCc3sccc3C2)c1. The molecule has 0 amide bonds. The van der Waals surface area contributed by atoms with Crippen LogP contribution < -0.4 is 0 Å². The van der Waals surface area contributed by atoms with E-state index in [-0.39, 0.29) is 5.78 Å². The van der Waals surface area contributed by atoms with Crippen molar-refractivity contribution in [2.24, 2.45) is 0 Å². The van der Waals surface area contributed by atoms with Crippen molar-refractivity contribution in [2.75, 3.05) is 13.1 Å². The molecule has 1 aliphatic heterocycles. The molecule has 20 heavy (non-hydrogen) atoms. The second kappa shape index (κ2) is 5.51. The highest BCUT2D eigenvalue weighted by Crippen LogP contribution is 2.24. The van der Waals surface area contributed by atoms with Crippen LogP contribution in [0.5, 0.6) is 0 Å². The fourth-order valence-electron chi connectivity index (χ4n) is 2.77. The number of hydrogen-bond donors (Lipinski definition) is 0. The number of nitrogens with zero attached hydrogens (tertiary/aromatic N) is 1. The number of carbonyl (C=O) groups is 1. The lowest BCUT2D eigenvalue weighted by molar-refractivity contribution is 0.0921. The number of carbonyl (C=O) groups excluding carboxylic acids is 1. The first kappa shape index (κ1) is 13.5. The van der Waals surface area contributed by atoms with Crippen molar-refractivity contribution >= 4 is 17.1 Å². The van der Waals surface area contributed by atoms with Crippen molar-refractivity contribution in [1.82, 2.24) is 4.90 Å². The Balaban J connectivity index is 1.72. The maximum atomic E-state index is 12.5. The summed E-state index contributed by atoms with van der Waals surface area (Å²) in [6, 6.07) is 8.30. The lowest BCUT2D eigenvalue weighted by Gasteiger charge is -2.26. The first-order chi connectivity index (χ1) is 9.63. The Bertz CT molecular complexity index is 644. The van der Waals surface area contributed by atoms with Crippen LogP contribution in [0.2, 0.25) is 0 Å². The van der Waals surface area contributed by atoms with Gasteiger partial charge in [0.2, 0.25) is 0 Å². The molecule has 2 aromatic rings. The van der Waals surface area contributed by atoms with Gasteiger partial charge in [-0.05, 0) is 48.9 Å². The maximum absolute atomic E-state index is 12.5. The van der Waals surface area contributed by atoms with Crippen LogP contribution in [0.4, 0.5) is 0 Å². The summed E-state index contributed by atoms with van der Waals surface area (Å²) in [4.78, 5) is 16.2. The third-order valence-corrected chi connectivity index (χ3v) is 4.97. The Labute approximate surface area is 124 Å². The number of aryl methyl sites for hydroxylation is 2. The van der Waals surface area contributed by atoms with Gasteiger partial charge in [-0.25, -0.2) is 0 Å². The number of Topliss-reactive ketones (excluding diaryl/α,β-unsaturated/α-hetero) is 1. The zero-order chi connectivity index (χ0) is 14.1. The summed E-state index contributed by atoms with van der Waals surface area (Å²) in [7, 11) is 0. The highest BCUT2D eigenvalue weighted by Gasteiger charge is 2.20. The first-order valence-electron chi connectivity index (χ1n) is 7.01. The van der Waals surface area contributed by atoms with Gasteiger partial charge in [0.25, 0.3) is 0 Å². The molecule has 0 N–H and O–H groups in total. The molecule has 0 radical (unpaired) electrons. The minimum Gasteiger partial charge on any atom is -0.293 e. The van der Waals surface area contributed by atoms with Crippen molar-refractivity contribution in [3.05, 3.63) is 56.8 Å². The van der Waals surface area contributed by atoms with Gasteiger partial charge in [0.05, 0.1) is 6.54 Å². The molecule has 0 bridgehead atoms. The highest BCUT2D eigenvalue weighted by molar-refractivity contribution is 7.10. The predicted octanol–water partition coefficient (Wildman–Crippen LogP) is 3.61. The van der Waals surface area contributed by atoms with Crippen molar-refractivity contribution in [3.63, 3.8) is 0 Å². The average molecular weight is 285 g/mol. The lowest BCUT2D eigenvalue weighted by atomic mass is 10.0. The highest BCUT2D eigenvalue weighted by atomic mass is 32.1. The van der Waals surface area contributed by atoms with E-state index in [9.17, 15) is 4.79 Å². The van der Waals surface area contributed by atoms with E-state index in [0.29, 0.717) is 6.54 Å². The molecule has 0 spiro atoms. The molecular weight excluding hydrogens is 266 g/mol. The number of thiophene rings is 1. The van der Waals surface area contributed by atoms with Gasteiger partial charge in [-0.2, -0.15) is 0 Å². The quantitative estimate of drug-likeness (QED) is 0.803. The van der Waals surface area contributed by atoms with Gasteiger partial charge in [-0.1, -0.05) is 17.7 Å². The van der Waals surface area contributed by atoms with E-state index in [0.717, 1.165) is 36.2 Å². The molecule has 3 heteroatoms. The van der Waals surface area contributed by atoms with E-state index < -0.39 is 0 Å². The van der Waals surface area contributed by atoms with Gasteiger partial charge < -0.3 is 0 Å². The van der Waals surface area contributed by atoms with Crippen LogP contribution in [0.15, 0.2) is 29.6 Å². The lowest BCUT2D eigenvalue weighted by Crippen LogP contribution is -2.34. The molecule has 0 saturated heterocycles. The number of fused-ring (bicyclic) bond motifs is 1. The summed E-state index contributed by atoms with van der Waals surface area (Å²) < 4.78 is 0. The van der Waals surface area contributed by atoms with E-state index in [1.807, 2.05) is 37.3 Å². The molecule has 1 aromatic carbocycles. The molecule has 3 rings (SSSR count). The second-order valence-electron chi connectivity index (χ2n) is 5.57. The molecular formula is C17H19NOS. The van der Waals surface area contributed by atoms with Gasteiger partial charge in [0.1, 0.15) is 0 Å². The summed E-state index contributed by atoms with van der Waals surface area (Å²) in [5.41, 5.74) is 4.50. The smallest absolute Gasteiger partial charge is 0.177 e. The molecule has 0 fully saturated rings. The van der Waals surface area contributed by atoms with Crippen LogP contribution >= 0.6 is 11.3 Å². The Morgan fingerprint density at radius 3 is 3.00 bits per heavy atom. The zero-order valence-corrected chi connectivity index (χ0v) is 12.8. The zero-order valence-electron chi connectivity index (χ0n) is 12.0. The van der Waals surface area contributed by atoms with E-state index in [1.165, 1.54) is 10.4 Å². The minimum absolute atomic E-state index is 0.241. The first-order valence-corrected chi connectivity index (χ1v) is 7.89. The number of benzene rings is 1. The standard InChI is InChI=1S/C17H19NOS/c1-12-3-4-13(2)15(9-12)16(19)11-18-7-5-17-14(10-18)6-8-20-17/h3-4,6,8-9H,5,7,10-11H2,1-2H3. The van der Waals surface area contributed by atoms with Crippen molar-refractivity contribution in [2.45, 2.75) is 26.8 Å². The van der Waals surface area contributed by atoms with Gasteiger partial charge in [-0.3, -0.25) is 9.69 Å². The van der Waals surface area contributed by atoms with Crippen LogP contribution in [0.25, 0.3) is 0 Å². The summed E-state index contributed by atoms with van der Waals surface area (Å²) in [5.74, 6) is 0.241. The van der Waals surface area contributed by atoms with Crippen molar-refractivity contribution in [1.29, 1.82) is 0 Å². The Hall–Kier alpha value is -1.45. The summed E-state index contributed by atoms with van der Waals surface area (Å²) in [6.45, 7) is 6.48. The average Bonchev–Trinajstić information content (AvgIpc) is 2.89. The van der Waals surface area contributed by atoms with Crippen molar-refractivity contribution < 1.29 is 4.79 Å². The van der Waals surface area contributed by atoms with Gasteiger partial charge in [-0.15, -0.1) is 11.3 Å². The van der Waals surface area contributed by atoms with Crippen LogP contribution in [-0.4, -0.2) is 23.8 Å². The van der Waals surface area contributed by atoms with E-state index in [4.69, 9.17) is 0 Å².